The molecule has 0 atom stereocenters. The third-order valence-electron chi connectivity index (χ3n) is 2.92. The summed E-state index contributed by atoms with van der Waals surface area (Å²) >= 11 is 18.0. The van der Waals surface area contributed by atoms with Crippen LogP contribution in [-0.4, -0.2) is 15.7 Å². The van der Waals surface area contributed by atoms with E-state index in [1.807, 2.05) is 0 Å². The van der Waals surface area contributed by atoms with E-state index in [1.54, 1.807) is 40.9 Å². The van der Waals surface area contributed by atoms with Gasteiger partial charge in [0.05, 0.1) is 10.0 Å². The second kappa shape index (κ2) is 5.09. The number of hydrogen-bond acceptors (Lipinski definition) is 2. The zero-order valence-electron chi connectivity index (χ0n) is 9.98. The maximum Gasteiger partial charge on any atom is 0.169 e. The van der Waals surface area contributed by atoms with Gasteiger partial charge in [-0.15, -0.1) is 0 Å². The number of fused-ring (bicyclic) bond motifs is 1. The Morgan fingerprint density at radius 2 is 1.80 bits per heavy atom. The molecule has 0 aliphatic heterocycles. The second-order valence-electron chi connectivity index (χ2n) is 4.16. The summed E-state index contributed by atoms with van der Waals surface area (Å²) in [6.45, 7) is 0. The molecule has 100 valence electrons. The van der Waals surface area contributed by atoms with Crippen LogP contribution in [0.2, 0.25) is 15.1 Å². The van der Waals surface area contributed by atoms with Crippen LogP contribution < -0.4 is 0 Å². The van der Waals surface area contributed by atoms with Crippen LogP contribution in [0.25, 0.3) is 16.9 Å². The molecule has 20 heavy (non-hydrogen) atoms. The molecule has 0 aliphatic rings. The first-order chi connectivity index (χ1) is 9.60. The minimum absolute atomic E-state index is 0.395. The summed E-state index contributed by atoms with van der Waals surface area (Å²) in [5, 5.41) is 1.49. The van der Waals surface area contributed by atoms with Gasteiger partial charge in [0.15, 0.2) is 6.29 Å². The van der Waals surface area contributed by atoms with Crippen molar-refractivity contribution in [2.24, 2.45) is 0 Å². The van der Waals surface area contributed by atoms with E-state index in [0.717, 1.165) is 6.29 Å². The summed E-state index contributed by atoms with van der Waals surface area (Å²) in [6, 6.07) is 8.51. The Balaban J connectivity index is 2.33. The highest BCUT2D eigenvalue weighted by Gasteiger charge is 2.16. The Bertz CT molecular complexity index is 827. The second-order valence-corrected chi connectivity index (χ2v) is 5.44. The quantitative estimate of drug-likeness (QED) is 0.636. The van der Waals surface area contributed by atoms with Gasteiger partial charge in [-0.2, -0.15) is 0 Å². The number of halogens is 3. The molecule has 0 unspecified atom stereocenters. The number of pyridine rings is 1. The summed E-state index contributed by atoms with van der Waals surface area (Å²) < 4.78 is 1.63. The fraction of sp³-hybridized carbons (Fsp3) is 0. The lowest BCUT2D eigenvalue weighted by molar-refractivity contribution is 0.111. The molecular formula is C14H7Cl3N2O. The third kappa shape index (κ3) is 2.18. The Hall–Kier alpha value is -1.55. The molecule has 3 nitrogen and oxygen atoms in total. The molecule has 0 saturated carbocycles. The van der Waals surface area contributed by atoms with Crippen molar-refractivity contribution in [2.45, 2.75) is 0 Å². The highest BCUT2D eigenvalue weighted by atomic mass is 35.5. The van der Waals surface area contributed by atoms with E-state index >= 15 is 0 Å². The molecule has 2 heterocycles. The van der Waals surface area contributed by atoms with Crippen LogP contribution in [0.1, 0.15) is 10.5 Å². The van der Waals surface area contributed by atoms with Gasteiger partial charge in [0.2, 0.25) is 0 Å². The summed E-state index contributed by atoms with van der Waals surface area (Å²) in [4.78, 5) is 15.8. The molecule has 0 radical (unpaired) electrons. The monoisotopic (exact) mass is 324 g/mol. The molecule has 6 heteroatoms. The molecule has 0 amide bonds. The van der Waals surface area contributed by atoms with Crippen molar-refractivity contribution >= 4 is 46.7 Å². The largest absolute Gasteiger partial charge is 0.296 e. The van der Waals surface area contributed by atoms with Gasteiger partial charge >= 0.3 is 0 Å². The number of hydrogen-bond donors (Lipinski definition) is 0. The number of benzene rings is 1. The Morgan fingerprint density at radius 3 is 2.50 bits per heavy atom. The van der Waals surface area contributed by atoms with Crippen LogP contribution in [0.5, 0.6) is 0 Å². The van der Waals surface area contributed by atoms with Gasteiger partial charge < -0.3 is 0 Å². The van der Waals surface area contributed by atoms with E-state index in [-0.39, 0.29) is 0 Å². The first kappa shape index (κ1) is 13.4. The number of aromatic nitrogens is 2. The van der Waals surface area contributed by atoms with Gasteiger partial charge in [0, 0.05) is 16.8 Å². The van der Waals surface area contributed by atoms with Gasteiger partial charge in [-0.1, -0.05) is 34.8 Å². The zero-order valence-corrected chi connectivity index (χ0v) is 12.2. The van der Waals surface area contributed by atoms with E-state index in [2.05, 4.69) is 4.98 Å². The van der Waals surface area contributed by atoms with Gasteiger partial charge in [0.25, 0.3) is 0 Å². The van der Waals surface area contributed by atoms with Gasteiger partial charge in [0.1, 0.15) is 17.0 Å². The van der Waals surface area contributed by atoms with E-state index in [0.29, 0.717) is 37.7 Å². The molecule has 2 aromatic heterocycles. The number of imidazole rings is 1. The highest BCUT2D eigenvalue weighted by molar-refractivity contribution is 6.36. The van der Waals surface area contributed by atoms with E-state index < -0.39 is 0 Å². The highest BCUT2D eigenvalue weighted by Crippen LogP contribution is 2.32. The van der Waals surface area contributed by atoms with Crippen LogP contribution in [0, 0.1) is 0 Å². The molecule has 0 fully saturated rings. The fourth-order valence-electron chi connectivity index (χ4n) is 2.03. The average Bonchev–Trinajstić information content (AvgIpc) is 2.76. The number of carbonyl (C=O) groups is 1. The molecule has 3 rings (SSSR count). The standard InChI is InChI=1S/C14H7Cl3N2O/c15-8-1-3-10(11(17)5-8)14-12(7-20)19-6-9(16)2-4-13(19)18-14/h1-7H. The van der Waals surface area contributed by atoms with Crippen molar-refractivity contribution in [2.75, 3.05) is 0 Å². The number of nitrogens with zero attached hydrogens (tertiary/aromatic N) is 2. The van der Waals surface area contributed by atoms with Crippen LogP contribution in [0.3, 0.4) is 0 Å². The smallest absolute Gasteiger partial charge is 0.169 e. The number of carbonyl (C=O) groups excluding carboxylic acids is 1. The van der Waals surface area contributed by atoms with Crippen LogP contribution in [0.4, 0.5) is 0 Å². The average molecular weight is 326 g/mol. The fourth-order valence-corrected chi connectivity index (χ4v) is 2.69. The van der Waals surface area contributed by atoms with Crippen molar-refractivity contribution in [3.05, 3.63) is 57.3 Å². The van der Waals surface area contributed by atoms with E-state index in [4.69, 9.17) is 34.8 Å². The van der Waals surface area contributed by atoms with E-state index in [1.165, 1.54) is 0 Å². The van der Waals surface area contributed by atoms with Crippen molar-refractivity contribution in [1.29, 1.82) is 0 Å². The minimum atomic E-state index is 0.395. The van der Waals surface area contributed by atoms with Crippen LogP contribution >= 0.6 is 34.8 Å². The zero-order chi connectivity index (χ0) is 14.3. The molecule has 0 aliphatic carbocycles. The predicted octanol–water partition coefficient (Wildman–Crippen LogP) is 4.77. The van der Waals surface area contributed by atoms with Crippen molar-refractivity contribution in [3.63, 3.8) is 0 Å². The molecule has 1 aromatic carbocycles. The molecule has 3 aromatic rings. The topological polar surface area (TPSA) is 34.4 Å². The Morgan fingerprint density at radius 1 is 1.05 bits per heavy atom. The van der Waals surface area contributed by atoms with Crippen molar-refractivity contribution < 1.29 is 4.79 Å². The minimum Gasteiger partial charge on any atom is -0.296 e. The van der Waals surface area contributed by atoms with Crippen LogP contribution in [0.15, 0.2) is 36.5 Å². The molecule has 0 spiro atoms. The maximum atomic E-state index is 11.4. The normalized spacial score (nSPS) is 10.9. The van der Waals surface area contributed by atoms with Crippen LogP contribution in [-0.2, 0) is 0 Å². The summed E-state index contributed by atoms with van der Waals surface area (Å²) in [7, 11) is 0. The summed E-state index contributed by atoms with van der Waals surface area (Å²) in [5.41, 5.74) is 2.17. The molecule has 0 saturated heterocycles. The number of rotatable bonds is 2. The Kier molecular flexibility index (Phi) is 3.42. The third-order valence-corrected chi connectivity index (χ3v) is 3.69. The summed E-state index contributed by atoms with van der Waals surface area (Å²) in [6.07, 6.45) is 2.37. The lowest BCUT2D eigenvalue weighted by Crippen LogP contribution is -1.92. The molecular weight excluding hydrogens is 319 g/mol. The van der Waals surface area contributed by atoms with Gasteiger partial charge in [-0.05, 0) is 30.3 Å². The first-order valence-corrected chi connectivity index (χ1v) is 6.82. The lowest BCUT2D eigenvalue weighted by Gasteiger charge is -2.02. The SMILES string of the molecule is O=Cc1c(-c2ccc(Cl)cc2Cl)nc2ccc(Cl)cn12. The van der Waals surface area contributed by atoms with E-state index in [9.17, 15) is 4.79 Å². The summed E-state index contributed by atoms with van der Waals surface area (Å²) in [5.74, 6) is 0. The molecule has 0 N–H and O–H groups in total. The number of aldehydes is 1. The van der Waals surface area contributed by atoms with Gasteiger partial charge in [-0.25, -0.2) is 4.98 Å². The lowest BCUT2D eigenvalue weighted by atomic mass is 10.1. The van der Waals surface area contributed by atoms with Gasteiger partial charge in [-0.3, -0.25) is 9.20 Å². The maximum absolute atomic E-state index is 11.4. The van der Waals surface area contributed by atoms with Crippen molar-refractivity contribution in [1.82, 2.24) is 9.38 Å². The predicted molar refractivity (Wildman–Crippen MR) is 81.0 cm³/mol. The first-order valence-electron chi connectivity index (χ1n) is 5.68. The Labute approximate surface area is 129 Å². The molecule has 0 bridgehead atoms. The van der Waals surface area contributed by atoms with Crippen molar-refractivity contribution in [3.8, 4) is 11.3 Å².